The fraction of sp³-hybridized carbons (Fsp3) is 0.444. The number of nitrogen functional groups attached to an aromatic ring is 1. The molecule has 1 aromatic heterocycles. The Bertz CT molecular complexity index is 981. The molecular formula is C18H22FN5O3. The third-order valence-electron chi connectivity index (χ3n) is 5.34. The molecule has 4 rings (SSSR count). The molecule has 3 heterocycles. The number of amides is 1. The quantitative estimate of drug-likeness (QED) is 0.450. The van der Waals surface area contributed by atoms with Crippen LogP contribution in [0.2, 0.25) is 0 Å². The summed E-state index contributed by atoms with van der Waals surface area (Å²) in [7, 11) is 2.03. The monoisotopic (exact) mass is 375 g/mol. The van der Waals surface area contributed by atoms with Gasteiger partial charge in [0.05, 0.1) is 16.9 Å². The third-order valence-corrected chi connectivity index (χ3v) is 5.34. The van der Waals surface area contributed by atoms with E-state index in [9.17, 15) is 9.59 Å². The lowest BCUT2D eigenvalue weighted by Crippen LogP contribution is -2.45. The summed E-state index contributed by atoms with van der Waals surface area (Å²) in [5.74, 6) is 4.34. The van der Waals surface area contributed by atoms with Gasteiger partial charge in [-0.3, -0.25) is 15.0 Å². The van der Waals surface area contributed by atoms with Crippen molar-refractivity contribution in [3.05, 3.63) is 33.9 Å². The van der Waals surface area contributed by atoms with E-state index >= 15 is 4.39 Å². The van der Waals surface area contributed by atoms with E-state index in [1.807, 2.05) is 24.3 Å². The first-order valence-electron chi connectivity index (χ1n) is 8.91. The fourth-order valence-corrected chi connectivity index (χ4v) is 3.78. The van der Waals surface area contributed by atoms with E-state index in [1.165, 1.54) is 12.3 Å². The van der Waals surface area contributed by atoms with Crippen LogP contribution in [0.15, 0.2) is 17.1 Å². The lowest BCUT2D eigenvalue weighted by atomic mass is 10.0. The number of aromatic nitrogens is 1. The van der Waals surface area contributed by atoms with Crippen molar-refractivity contribution in [1.29, 1.82) is 0 Å². The SMILES string of the molecule is CC1COc2c(N3CCN(C)CC3)c(F)cc3c(=O)c(C(=O)NN)cn1c23. The summed E-state index contributed by atoms with van der Waals surface area (Å²) in [5, 5.41) is 0.119. The van der Waals surface area contributed by atoms with Gasteiger partial charge in [0.25, 0.3) is 5.91 Å². The number of hydrogen-bond acceptors (Lipinski definition) is 6. The number of rotatable bonds is 2. The highest BCUT2D eigenvalue weighted by Gasteiger charge is 2.30. The molecule has 0 radical (unpaired) electrons. The molecule has 9 heteroatoms. The summed E-state index contributed by atoms with van der Waals surface area (Å²) < 4.78 is 22.8. The van der Waals surface area contributed by atoms with E-state index in [2.05, 4.69) is 4.90 Å². The summed E-state index contributed by atoms with van der Waals surface area (Å²) in [4.78, 5) is 28.9. The molecule has 8 nitrogen and oxygen atoms in total. The summed E-state index contributed by atoms with van der Waals surface area (Å²) in [6.07, 6.45) is 1.48. The molecule has 1 unspecified atom stereocenters. The Morgan fingerprint density at radius 2 is 2.04 bits per heavy atom. The predicted molar refractivity (Wildman–Crippen MR) is 99.7 cm³/mol. The summed E-state index contributed by atoms with van der Waals surface area (Å²) >= 11 is 0. The maximum Gasteiger partial charge on any atom is 0.270 e. The van der Waals surface area contributed by atoms with Gasteiger partial charge < -0.3 is 19.1 Å². The maximum absolute atomic E-state index is 15.1. The van der Waals surface area contributed by atoms with Crippen molar-refractivity contribution < 1.29 is 13.9 Å². The molecular weight excluding hydrogens is 353 g/mol. The van der Waals surface area contributed by atoms with E-state index in [0.717, 1.165) is 13.1 Å². The number of pyridine rings is 1. The van der Waals surface area contributed by atoms with Crippen LogP contribution in [0.4, 0.5) is 10.1 Å². The van der Waals surface area contributed by atoms with Crippen LogP contribution in [0.25, 0.3) is 10.9 Å². The van der Waals surface area contributed by atoms with Gasteiger partial charge in [0.15, 0.2) is 11.6 Å². The van der Waals surface area contributed by atoms with Gasteiger partial charge in [-0.15, -0.1) is 0 Å². The minimum absolute atomic E-state index is 0.114. The molecule has 0 aliphatic carbocycles. The highest BCUT2D eigenvalue weighted by Crippen LogP contribution is 2.42. The Morgan fingerprint density at radius 1 is 1.33 bits per heavy atom. The number of nitrogens with zero attached hydrogens (tertiary/aromatic N) is 3. The van der Waals surface area contributed by atoms with Crippen LogP contribution >= 0.6 is 0 Å². The number of hydrazine groups is 1. The van der Waals surface area contributed by atoms with Crippen LogP contribution in [-0.4, -0.2) is 55.2 Å². The van der Waals surface area contributed by atoms with Crippen molar-refractivity contribution in [1.82, 2.24) is 14.9 Å². The first-order chi connectivity index (χ1) is 12.9. The first kappa shape index (κ1) is 17.7. The molecule has 0 spiro atoms. The number of nitrogens with two attached hydrogens (primary N) is 1. The van der Waals surface area contributed by atoms with Crippen molar-refractivity contribution in [2.75, 3.05) is 44.7 Å². The predicted octanol–water partition coefficient (Wildman–Crippen LogP) is 0.449. The Labute approximate surface area is 155 Å². The number of halogens is 1. The number of hydrogen-bond donors (Lipinski definition) is 2. The molecule has 1 saturated heterocycles. The van der Waals surface area contributed by atoms with Crippen molar-refractivity contribution >= 4 is 22.5 Å². The lowest BCUT2D eigenvalue weighted by Gasteiger charge is -2.37. The van der Waals surface area contributed by atoms with E-state index in [4.69, 9.17) is 10.6 Å². The van der Waals surface area contributed by atoms with E-state index in [0.29, 0.717) is 36.6 Å². The van der Waals surface area contributed by atoms with Crippen molar-refractivity contribution in [3.8, 4) is 5.75 Å². The van der Waals surface area contributed by atoms with Gasteiger partial charge >= 0.3 is 0 Å². The van der Waals surface area contributed by atoms with Crippen molar-refractivity contribution in [2.45, 2.75) is 13.0 Å². The van der Waals surface area contributed by atoms with Crippen LogP contribution in [0.5, 0.6) is 5.75 Å². The highest BCUT2D eigenvalue weighted by atomic mass is 19.1. The molecule has 0 bridgehead atoms. The van der Waals surface area contributed by atoms with Crippen LogP contribution in [0.3, 0.4) is 0 Å². The molecule has 3 N–H and O–H groups in total. The third kappa shape index (κ3) is 2.74. The summed E-state index contributed by atoms with van der Waals surface area (Å²) in [6, 6.07) is 1.09. The smallest absolute Gasteiger partial charge is 0.270 e. The van der Waals surface area contributed by atoms with Gasteiger partial charge in [0.1, 0.15) is 17.9 Å². The molecule has 1 aromatic carbocycles. The molecule has 2 aliphatic rings. The Kier molecular flexibility index (Phi) is 4.27. The normalized spacial score (nSPS) is 19.9. The van der Waals surface area contributed by atoms with E-state index in [1.54, 1.807) is 4.57 Å². The molecule has 1 atom stereocenters. The standard InChI is InChI=1S/C18H22FN5O3/c1-10-9-27-17-14-11(16(25)12(8-24(10)14)18(26)21-20)7-13(19)15(17)23-5-3-22(2)4-6-23/h7-8,10H,3-6,9,20H2,1-2H3,(H,21,26). The zero-order valence-corrected chi connectivity index (χ0v) is 15.3. The van der Waals surface area contributed by atoms with Crippen molar-refractivity contribution in [2.24, 2.45) is 5.84 Å². The molecule has 1 amide bonds. The number of piperazine rings is 1. The second-order valence-corrected chi connectivity index (χ2v) is 7.14. The average Bonchev–Trinajstić information content (AvgIpc) is 2.66. The number of carbonyl (C=O) groups is 1. The largest absolute Gasteiger partial charge is 0.487 e. The minimum atomic E-state index is -0.700. The van der Waals surface area contributed by atoms with Gasteiger partial charge in [-0.05, 0) is 20.0 Å². The van der Waals surface area contributed by atoms with Crippen LogP contribution in [0, 0.1) is 5.82 Å². The van der Waals surface area contributed by atoms with Crippen LogP contribution in [0.1, 0.15) is 23.3 Å². The van der Waals surface area contributed by atoms with Gasteiger partial charge in [-0.25, -0.2) is 10.2 Å². The average molecular weight is 375 g/mol. The van der Waals surface area contributed by atoms with Gasteiger partial charge in [0.2, 0.25) is 5.43 Å². The highest BCUT2D eigenvalue weighted by molar-refractivity contribution is 5.99. The van der Waals surface area contributed by atoms with Gasteiger partial charge in [-0.2, -0.15) is 0 Å². The number of ether oxygens (including phenoxy) is 1. The fourth-order valence-electron chi connectivity index (χ4n) is 3.78. The molecule has 2 aliphatic heterocycles. The minimum Gasteiger partial charge on any atom is -0.487 e. The second kappa shape index (κ2) is 6.50. The topological polar surface area (TPSA) is 92.8 Å². The molecule has 144 valence electrons. The van der Waals surface area contributed by atoms with E-state index < -0.39 is 17.2 Å². The Hall–Kier alpha value is -2.65. The van der Waals surface area contributed by atoms with Crippen LogP contribution < -0.4 is 26.3 Å². The number of benzene rings is 1. The molecule has 1 fully saturated rings. The molecule has 27 heavy (non-hydrogen) atoms. The number of carbonyl (C=O) groups excluding carboxylic acids is 1. The number of likely N-dealkylation sites (N-methyl/N-ethyl adjacent to an activating group) is 1. The number of anilines is 1. The maximum atomic E-state index is 15.1. The lowest BCUT2D eigenvalue weighted by molar-refractivity contribution is 0.0951. The molecule has 2 aromatic rings. The van der Waals surface area contributed by atoms with Crippen LogP contribution in [-0.2, 0) is 0 Å². The number of nitrogens with one attached hydrogen (secondary N) is 1. The zero-order valence-electron chi connectivity index (χ0n) is 15.3. The molecule has 0 saturated carbocycles. The second-order valence-electron chi connectivity index (χ2n) is 7.14. The summed E-state index contributed by atoms with van der Waals surface area (Å²) in [5.41, 5.74) is 2.20. The summed E-state index contributed by atoms with van der Waals surface area (Å²) in [6.45, 7) is 5.20. The first-order valence-corrected chi connectivity index (χ1v) is 8.91. The van der Waals surface area contributed by atoms with Gasteiger partial charge in [-0.1, -0.05) is 0 Å². The zero-order chi connectivity index (χ0) is 19.3. The van der Waals surface area contributed by atoms with Crippen molar-refractivity contribution in [3.63, 3.8) is 0 Å². The Balaban J connectivity index is 1.99. The van der Waals surface area contributed by atoms with Gasteiger partial charge in [0, 0.05) is 32.4 Å². The van der Waals surface area contributed by atoms with E-state index in [-0.39, 0.29) is 17.0 Å². The Morgan fingerprint density at radius 3 is 2.70 bits per heavy atom.